The Balaban J connectivity index is 1.29. The highest BCUT2D eigenvalue weighted by Crippen LogP contribution is 2.43. The molecule has 0 spiro atoms. The first kappa shape index (κ1) is 18.3. The van der Waals surface area contributed by atoms with Crippen LogP contribution in [0, 0.1) is 11.7 Å². The van der Waals surface area contributed by atoms with E-state index in [0.717, 1.165) is 29.6 Å². The van der Waals surface area contributed by atoms with E-state index in [1.807, 2.05) is 16.9 Å². The molecule has 1 saturated carbocycles. The summed E-state index contributed by atoms with van der Waals surface area (Å²) < 4.78 is 15.2. The molecule has 31 heavy (non-hydrogen) atoms. The Morgan fingerprint density at radius 2 is 1.71 bits per heavy atom. The zero-order chi connectivity index (χ0) is 20.8. The van der Waals surface area contributed by atoms with E-state index in [2.05, 4.69) is 43.5 Å². The van der Waals surface area contributed by atoms with Crippen LogP contribution in [0.3, 0.4) is 0 Å². The minimum absolute atomic E-state index is 0.244. The lowest BCUT2D eigenvalue weighted by molar-refractivity contribution is 0.546. The molecule has 0 radical (unpaired) electrons. The highest BCUT2D eigenvalue weighted by molar-refractivity contribution is 5.84. The largest absolute Gasteiger partial charge is 0.366 e. The first-order valence-electron chi connectivity index (χ1n) is 10.8. The van der Waals surface area contributed by atoms with Crippen LogP contribution < -0.4 is 10.2 Å². The topological polar surface area (TPSA) is 58.9 Å². The second-order valence-corrected chi connectivity index (χ2v) is 8.41. The van der Waals surface area contributed by atoms with Gasteiger partial charge in [-0.25, -0.2) is 19.0 Å². The van der Waals surface area contributed by atoms with Crippen LogP contribution >= 0.6 is 0 Å². The summed E-state index contributed by atoms with van der Waals surface area (Å²) in [5, 5.41) is 9.20. The highest BCUT2D eigenvalue weighted by atomic mass is 19.1. The van der Waals surface area contributed by atoms with Crippen molar-refractivity contribution in [3.63, 3.8) is 0 Å². The minimum atomic E-state index is -0.244. The molecule has 0 bridgehead atoms. The lowest BCUT2D eigenvalue weighted by Crippen LogP contribution is -2.40. The third-order valence-electron chi connectivity index (χ3n) is 6.39. The molecule has 6 rings (SSSR count). The van der Waals surface area contributed by atoms with E-state index in [1.54, 1.807) is 24.5 Å². The van der Waals surface area contributed by atoms with Crippen molar-refractivity contribution in [1.29, 1.82) is 0 Å². The van der Waals surface area contributed by atoms with Crippen molar-refractivity contribution in [3.05, 3.63) is 72.9 Å². The van der Waals surface area contributed by atoms with Crippen molar-refractivity contribution < 1.29 is 4.39 Å². The number of anilines is 2. The van der Waals surface area contributed by atoms with Crippen LogP contribution in [-0.2, 0) is 0 Å². The molecule has 2 atom stereocenters. The van der Waals surface area contributed by atoms with Crippen LogP contribution in [0.4, 0.5) is 16.0 Å². The lowest BCUT2D eigenvalue weighted by Gasteiger charge is -2.30. The Labute approximate surface area is 179 Å². The quantitative estimate of drug-likeness (QED) is 0.524. The number of hydrogen-bond donors (Lipinski definition) is 1. The van der Waals surface area contributed by atoms with Gasteiger partial charge in [0.05, 0.1) is 29.5 Å². The number of nitrogens with zero attached hydrogens (tertiary/aromatic N) is 5. The van der Waals surface area contributed by atoms with Gasteiger partial charge in [0, 0.05) is 30.0 Å². The van der Waals surface area contributed by atoms with Gasteiger partial charge in [0.15, 0.2) is 0 Å². The standard InChI is InChI=1S/C24H23FN6/c25-18-4-6-19(7-5-18)31-22-9-8-20(14-17(22)15-28-31)30-13-10-21(23(30)16-2-3-16)29-24-26-11-1-12-27-24/h1,4-9,11-12,14-16,21,23H,2-3,10,13H2,(H,26,27,29)/t21-,23+/m1/s1. The number of nitrogens with one attached hydrogen (secondary N) is 1. The van der Waals surface area contributed by atoms with E-state index < -0.39 is 0 Å². The predicted octanol–water partition coefficient (Wildman–Crippen LogP) is 4.42. The normalized spacial score (nSPS) is 21.0. The first-order valence-corrected chi connectivity index (χ1v) is 10.8. The van der Waals surface area contributed by atoms with Crippen molar-refractivity contribution in [3.8, 4) is 5.69 Å². The molecule has 2 aliphatic rings. The summed E-state index contributed by atoms with van der Waals surface area (Å²) in [7, 11) is 0. The molecule has 1 saturated heterocycles. The van der Waals surface area contributed by atoms with Crippen LogP contribution in [0.25, 0.3) is 16.6 Å². The molecule has 0 unspecified atom stereocenters. The average molecular weight is 414 g/mol. The SMILES string of the molecule is Fc1ccc(-n2ncc3cc(N4CC[C@@H](Nc5ncccn5)[C@@H]4C4CC4)ccc32)cc1. The summed E-state index contributed by atoms with van der Waals surface area (Å²) in [6, 6.07) is 15.6. The number of fused-ring (bicyclic) bond motifs is 1. The smallest absolute Gasteiger partial charge is 0.222 e. The third-order valence-corrected chi connectivity index (χ3v) is 6.39. The molecule has 3 heterocycles. The number of aromatic nitrogens is 4. The second-order valence-electron chi connectivity index (χ2n) is 8.41. The lowest BCUT2D eigenvalue weighted by atomic mass is 10.0. The molecule has 7 heteroatoms. The Hall–Kier alpha value is -3.48. The summed E-state index contributed by atoms with van der Waals surface area (Å²) >= 11 is 0. The fourth-order valence-electron chi connectivity index (χ4n) is 4.82. The van der Waals surface area contributed by atoms with Gasteiger partial charge in [-0.15, -0.1) is 0 Å². The average Bonchev–Trinajstić information content (AvgIpc) is 3.42. The van der Waals surface area contributed by atoms with Crippen molar-refractivity contribution in [2.75, 3.05) is 16.8 Å². The van der Waals surface area contributed by atoms with Gasteiger partial charge >= 0.3 is 0 Å². The summed E-state index contributed by atoms with van der Waals surface area (Å²) in [5.74, 6) is 1.17. The molecule has 2 fully saturated rings. The molecular formula is C24H23FN6. The number of benzene rings is 2. The van der Waals surface area contributed by atoms with Crippen LogP contribution in [0.15, 0.2) is 67.1 Å². The molecule has 2 aromatic heterocycles. The van der Waals surface area contributed by atoms with Crippen molar-refractivity contribution >= 4 is 22.5 Å². The maximum absolute atomic E-state index is 13.3. The Bertz CT molecular complexity index is 1200. The van der Waals surface area contributed by atoms with Gasteiger partial charge in [0.1, 0.15) is 5.82 Å². The van der Waals surface area contributed by atoms with Crippen molar-refractivity contribution in [2.24, 2.45) is 5.92 Å². The fraction of sp³-hybridized carbons (Fsp3) is 0.292. The maximum atomic E-state index is 13.3. The van der Waals surface area contributed by atoms with E-state index >= 15 is 0 Å². The zero-order valence-electron chi connectivity index (χ0n) is 17.0. The van der Waals surface area contributed by atoms with E-state index in [4.69, 9.17) is 0 Å². The van der Waals surface area contributed by atoms with Crippen LogP contribution in [0.5, 0.6) is 0 Å². The van der Waals surface area contributed by atoms with Crippen LogP contribution in [0.1, 0.15) is 19.3 Å². The number of rotatable bonds is 5. The summed E-state index contributed by atoms with van der Waals surface area (Å²) in [6.45, 7) is 1.00. The first-order chi connectivity index (χ1) is 15.3. The van der Waals surface area contributed by atoms with E-state index in [1.165, 1.54) is 30.7 Å². The Morgan fingerprint density at radius 1 is 0.935 bits per heavy atom. The molecule has 1 N–H and O–H groups in total. The van der Waals surface area contributed by atoms with E-state index in [9.17, 15) is 4.39 Å². The Kier molecular flexibility index (Phi) is 4.33. The number of hydrogen-bond acceptors (Lipinski definition) is 5. The van der Waals surface area contributed by atoms with Gasteiger partial charge in [-0.2, -0.15) is 5.10 Å². The summed E-state index contributed by atoms with van der Waals surface area (Å²) in [6.07, 6.45) is 9.06. The van der Waals surface area contributed by atoms with Crippen molar-refractivity contribution in [2.45, 2.75) is 31.3 Å². The fourth-order valence-corrected chi connectivity index (χ4v) is 4.82. The Morgan fingerprint density at radius 3 is 2.48 bits per heavy atom. The molecule has 2 aromatic carbocycles. The highest BCUT2D eigenvalue weighted by Gasteiger charge is 2.44. The van der Waals surface area contributed by atoms with Crippen LogP contribution in [-0.4, -0.2) is 38.4 Å². The summed E-state index contributed by atoms with van der Waals surface area (Å²) in [5.41, 5.74) is 3.10. The van der Waals surface area contributed by atoms with E-state index in [-0.39, 0.29) is 5.82 Å². The number of halogens is 1. The summed E-state index contributed by atoms with van der Waals surface area (Å²) in [4.78, 5) is 11.2. The van der Waals surface area contributed by atoms with E-state index in [0.29, 0.717) is 23.9 Å². The van der Waals surface area contributed by atoms with Gasteiger partial charge in [0.2, 0.25) is 5.95 Å². The molecule has 156 valence electrons. The molecule has 1 aliphatic carbocycles. The zero-order valence-corrected chi connectivity index (χ0v) is 17.0. The monoisotopic (exact) mass is 414 g/mol. The second kappa shape index (κ2) is 7.34. The van der Waals surface area contributed by atoms with Crippen LogP contribution in [0.2, 0.25) is 0 Å². The third kappa shape index (κ3) is 3.40. The van der Waals surface area contributed by atoms with Gasteiger partial charge in [-0.3, -0.25) is 0 Å². The molecule has 6 nitrogen and oxygen atoms in total. The molecular weight excluding hydrogens is 391 g/mol. The molecule has 4 aromatic rings. The minimum Gasteiger partial charge on any atom is -0.366 e. The molecule has 1 aliphatic heterocycles. The van der Waals surface area contributed by atoms with Gasteiger partial charge in [-0.1, -0.05) is 0 Å². The van der Waals surface area contributed by atoms with Gasteiger partial charge in [-0.05, 0) is 73.7 Å². The van der Waals surface area contributed by atoms with Gasteiger partial charge in [0.25, 0.3) is 0 Å². The van der Waals surface area contributed by atoms with Gasteiger partial charge < -0.3 is 10.2 Å². The molecule has 0 amide bonds. The maximum Gasteiger partial charge on any atom is 0.222 e. The van der Waals surface area contributed by atoms with Crippen molar-refractivity contribution in [1.82, 2.24) is 19.7 Å². The predicted molar refractivity (Wildman–Crippen MR) is 119 cm³/mol.